The number of fused-ring (bicyclic) bond motifs is 1. The lowest BCUT2D eigenvalue weighted by Crippen LogP contribution is -2.39. The summed E-state index contributed by atoms with van der Waals surface area (Å²) >= 11 is 0. The predicted molar refractivity (Wildman–Crippen MR) is 73.8 cm³/mol. The second kappa shape index (κ2) is 4.99. The van der Waals surface area contributed by atoms with Crippen molar-refractivity contribution in [2.45, 2.75) is 32.6 Å². The Morgan fingerprint density at radius 1 is 1.30 bits per heavy atom. The number of hydrogen-bond acceptors (Lipinski definition) is 6. The van der Waals surface area contributed by atoms with Crippen LogP contribution in [0.3, 0.4) is 0 Å². The van der Waals surface area contributed by atoms with Crippen LogP contribution in [0.4, 0.5) is 5.82 Å². The normalized spacial score (nSPS) is 19.5. The molecule has 0 saturated carbocycles. The van der Waals surface area contributed by atoms with E-state index in [1.165, 1.54) is 6.33 Å². The van der Waals surface area contributed by atoms with E-state index >= 15 is 0 Å². The maximum absolute atomic E-state index is 5.77. The maximum atomic E-state index is 5.77. The molecule has 1 aliphatic rings. The molecule has 20 heavy (non-hydrogen) atoms. The number of aryl methyl sites for hydroxylation is 1. The molecular formula is C13H19N5O2. The molecule has 0 spiro atoms. The maximum Gasteiger partial charge on any atom is 0.165 e. The fraction of sp³-hybridized carbons (Fsp3) is 0.615. The summed E-state index contributed by atoms with van der Waals surface area (Å²) in [7, 11) is 0. The lowest BCUT2D eigenvalue weighted by atomic mass is 10.1. The van der Waals surface area contributed by atoms with Gasteiger partial charge in [-0.05, 0) is 20.3 Å². The zero-order chi connectivity index (χ0) is 14.2. The lowest BCUT2D eigenvalue weighted by Gasteiger charge is -2.35. The summed E-state index contributed by atoms with van der Waals surface area (Å²) in [4.78, 5) is 12.4. The van der Waals surface area contributed by atoms with Gasteiger partial charge in [0, 0.05) is 12.5 Å². The molecule has 0 aliphatic carbocycles. The Balaban J connectivity index is 1.65. The summed E-state index contributed by atoms with van der Waals surface area (Å²) in [6, 6.07) is 0. The fourth-order valence-electron chi connectivity index (χ4n) is 2.28. The number of imidazole rings is 1. The summed E-state index contributed by atoms with van der Waals surface area (Å²) in [5.41, 5.74) is 7.20. The highest BCUT2D eigenvalue weighted by atomic mass is 16.7. The molecule has 7 heteroatoms. The summed E-state index contributed by atoms with van der Waals surface area (Å²) in [5, 5.41) is 0. The van der Waals surface area contributed by atoms with Gasteiger partial charge in [-0.3, -0.25) is 0 Å². The van der Waals surface area contributed by atoms with Gasteiger partial charge in [-0.2, -0.15) is 0 Å². The molecule has 3 rings (SSSR count). The molecule has 1 fully saturated rings. The Morgan fingerprint density at radius 3 is 2.80 bits per heavy atom. The van der Waals surface area contributed by atoms with Gasteiger partial charge in [0.05, 0.1) is 19.5 Å². The van der Waals surface area contributed by atoms with Crippen molar-refractivity contribution in [3.63, 3.8) is 0 Å². The van der Waals surface area contributed by atoms with E-state index in [1.807, 2.05) is 18.4 Å². The number of ether oxygens (including phenoxy) is 2. The average Bonchev–Trinajstić information content (AvgIpc) is 2.82. The molecule has 2 N–H and O–H groups in total. The number of anilines is 1. The van der Waals surface area contributed by atoms with Crippen LogP contribution in [0.2, 0.25) is 0 Å². The number of nitrogens with two attached hydrogens (primary N) is 1. The number of nitrogens with zero attached hydrogens (tertiary/aromatic N) is 4. The lowest BCUT2D eigenvalue weighted by molar-refractivity contribution is -0.262. The quantitative estimate of drug-likeness (QED) is 0.906. The SMILES string of the molecule is CC1(C)OCC(CCn2cnc3c(N)ncnc32)CO1. The third kappa shape index (κ3) is 2.59. The third-order valence-electron chi connectivity index (χ3n) is 3.54. The molecule has 0 unspecified atom stereocenters. The number of hydrogen-bond donors (Lipinski definition) is 1. The van der Waals surface area contributed by atoms with Crippen molar-refractivity contribution in [2.75, 3.05) is 18.9 Å². The Morgan fingerprint density at radius 2 is 2.05 bits per heavy atom. The van der Waals surface area contributed by atoms with E-state index in [4.69, 9.17) is 15.2 Å². The predicted octanol–water partition coefficient (Wildman–Crippen LogP) is 1.20. The molecule has 3 heterocycles. The van der Waals surface area contributed by atoms with Gasteiger partial charge in [-0.15, -0.1) is 0 Å². The van der Waals surface area contributed by atoms with Crippen molar-refractivity contribution >= 4 is 17.0 Å². The van der Waals surface area contributed by atoms with Gasteiger partial charge < -0.3 is 19.8 Å². The van der Waals surface area contributed by atoms with E-state index in [0.717, 1.165) is 31.8 Å². The molecule has 2 aromatic rings. The first kappa shape index (κ1) is 13.3. The van der Waals surface area contributed by atoms with Gasteiger partial charge in [0.1, 0.15) is 11.8 Å². The van der Waals surface area contributed by atoms with Crippen LogP contribution < -0.4 is 5.73 Å². The van der Waals surface area contributed by atoms with Crippen LogP contribution in [0, 0.1) is 5.92 Å². The highest BCUT2D eigenvalue weighted by molar-refractivity contribution is 5.80. The molecule has 0 aromatic carbocycles. The summed E-state index contributed by atoms with van der Waals surface area (Å²) in [6.07, 6.45) is 4.17. The van der Waals surface area contributed by atoms with Crippen LogP contribution in [0.25, 0.3) is 11.2 Å². The Kier molecular flexibility index (Phi) is 3.31. The van der Waals surface area contributed by atoms with E-state index in [-0.39, 0.29) is 0 Å². The Bertz CT molecular complexity index is 600. The monoisotopic (exact) mass is 277 g/mol. The molecule has 1 saturated heterocycles. The molecule has 0 atom stereocenters. The first-order valence-electron chi connectivity index (χ1n) is 6.74. The van der Waals surface area contributed by atoms with Gasteiger partial charge in [0.2, 0.25) is 0 Å². The standard InChI is InChI=1S/C13H19N5O2/c1-13(2)19-5-9(6-20-13)3-4-18-8-17-10-11(14)15-7-16-12(10)18/h7-9H,3-6H2,1-2H3,(H2,14,15,16). The second-order valence-corrected chi connectivity index (χ2v) is 5.55. The van der Waals surface area contributed by atoms with E-state index in [2.05, 4.69) is 15.0 Å². The van der Waals surface area contributed by atoms with Gasteiger partial charge in [-0.1, -0.05) is 0 Å². The molecule has 7 nitrogen and oxygen atoms in total. The highest BCUT2D eigenvalue weighted by Gasteiger charge is 2.28. The summed E-state index contributed by atoms with van der Waals surface area (Å²) < 4.78 is 13.3. The summed E-state index contributed by atoms with van der Waals surface area (Å²) in [6.45, 7) is 6.12. The number of rotatable bonds is 3. The van der Waals surface area contributed by atoms with Crippen molar-refractivity contribution in [1.82, 2.24) is 19.5 Å². The number of aromatic nitrogens is 4. The fourth-order valence-corrected chi connectivity index (χ4v) is 2.28. The van der Waals surface area contributed by atoms with Crippen LogP contribution in [0.15, 0.2) is 12.7 Å². The van der Waals surface area contributed by atoms with E-state index < -0.39 is 5.79 Å². The molecule has 1 aliphatic heterocycles. The Labute approximate surface area is 117 Å². The molecule has 108 valence electrons. The first-order chi connectivity index (χ1) is 9.55. The second-order valence-electron chi connectivity index (χ2n) is 5.55. The zero-order valence-corrected chi connectivity index (χ0v) is 11.7. The largest absolute Gasteiger partial charge is 0.382 e. The minimum atomic E-state index is -0.458. The van der Waals surface area contributed by atoms with Crippen molar-refractivity contribution in [3.8, 4) is 0 Å². The van der Waals surface area contributed by atoms with Crippen molar-refractivity contribution in [1.29, 1.82) is 0 Å². The molecule has 0 amide bonds. The van der Waals surface area contributed by atoms with Crippen molar-refractivity contribution in [2.24, 2.45) is 5.92 Å². The molecule has 0 radical (unpaired) electrons. The minimum absolute atomic E-state index is 0.389. The van der Waals surface area contributed by atoms with E-state index in [0.29, 0.717) is 17.3 Å². The van der Waals surface area contributed by atoms with Crippen LogP contribution >= 0.6 is 0 Å². The van der Waals surface area contributed by atoms with Gasteiger partial charge in [-0.25, -0.2) is 15.0 Å². The van der Waals surface area contributed by atoms with Gasteiger partial charge >= 0.3 is 0 Å². The average molecular weight is 277 g/mol. The molecule has 0 bridgehead atoms. The van der Waals surface area contributed by atoms with Gasteiger partial charge in [0.15, 0.2) is 17.3 Å². The van der Waals surface area contributed by atoms with Gasteiger partial charge in [0.25, 0.3) is 0 Å². The van der Waals surface area contributed by atoms with Crippen LogP contribution in [0.5, 0.6) is 0 Å². The first-order valence-corrected chi connectivity index (χ1v) is 6.74. The zero-order valence-electron chi connectivity index (χ0n) is 11.7. The smallest absolute Gasteiger partial charge is 0.165 e. The molecule has 2 aromatic heterocycles. The van der Waals surface area contributed by atoms with E-state index in [9.17, 15) is 0 Å². The van der Waals surface area contributed by atoms with Crippen molar-refractivity contribution in [3.05, 3.63) is 12.7 Å². The van der Waals surface area contributed by atoms with E-state index in [1.54, 1.807) is 6.33 Å². The van der Waals surface area contributed by atoms with Crippen LogP contribution in [-0.2, 0) is 16.0 Å². The summed E-state index contributed by atoms with van der Waals surface area (Å²) in [5.74, 6) is 0.347. The minimum Gasteiger partial charge on any atom is -0.382 e. The van der Waals surface area contributed by atoms with Crippen LogP contribution in [0.1, 0.15) is 20.3 Å². The van der Waals surface area contributed by atoms with Crippen LogP contribution in [-0.4, -0.2) is 38.5 Å². The topological polar surface area (TPSA) is 88.1 Å². The Hall–Kier alpha value is -1.73. The van der Waals surface area contributed by atoms with Crippen molar-refractivity contribution < 1.29 is 9.47 Å². The third-order valence-corrected chi connectivity index (χ3v) is 3.54. The highest BCUT2D eigenvalue weighted by Crippen LogP contribution is 2.23. The number of nitrogen functional groups attached to an aromatic ring is 1. The molecular weight excluding hydrogens is 258 g/mol.